The van der Waals surface area contributed by atoms with Crippen LogP contribution >= 0.6 is 0 Å². The molecule has 1 unspecified atom stereocenters. The van der Waals surface area contributed by atoms with Crippen molar-refractivity contribution in [2.24, 2.45) is 16.6 Å². The summed E-state index contributed by atoms with van der Waals surface area (Å²) in [4.78, 5) is 4.32. The molecule has 1 aliphatic rings. The summed E-state index contributed by atoms with van der Waals surface area (Å²) in [6.07, 6.45) is 3.90. The second-order valence-corrected chi connectivity index (χ2v) is 3.91. The number of ether oxygens (including phenoxy) is 1. The highest BCUT2D eigenvalue weighted by Gasteiger charge is 2.13. The van der Waals surface area contributed by atoms with E-state index >= 15 is 0 Å². The number of rotatable bonds is 3. The van der Waals surface area contributed by atoms with E-state index in [1.54, 1.807) is 0 Å². The van der Waals surface area contributed by atoms with Gasteiger partial charge in [-0.1, -0.05) is 13.8 Å². The third-order valence-electron chi connectivity index (χ3n) is 2.34. The number of hydrogen-bond acceptors (Lipinski definition) is 2. The van der Waals surface area contributed by atoms with Gasteiger partial charge in [0.1, 0.15) is 0 Å². The second kappa shape index (κ2) is 5.22. The quantitative estimate of drug-likeness (QED) is 0.534. The Kier molecular flexibility index (Phi) is 4.22. The largest absolute Gasteiger partial charge is 0.387 e. The number of nitrogens with zero attached hydrogens (tertiary/aromatic N) is 1. The summed E-state index contributed by atoms with van der Waals surface area (Å²) in [5.41, 5.74) is 5.73. The van der Waals surface area contributed by atoms with Crippen LogP contribution in [0.25, 0.3) is 0 Å². The molecule has 0 aromatic heterocycles. The molecule has 0 aliphatic carbocycles. The number of nitrogens with two attached hydrogens (primary N) is 1. The minimum atomic E-state index is 0.311. The SMILES string of the molecule is CC(C)C(N)=NCC1CCCCO1. The Hall–Kier alpha value is -0.570. The molecule has 0 bridgehead atoms. The predicted octanol–water partition coefficient (Wildman–Crippen LogP) is 1.57. The zero-order chi connectivity index (χ0) is 9.68. The minimum absolute atomic E-state index is 0.311. The number of hydrogen-bond donors (Lipinski definition) is 1. The summed E-state index contributed by atoms with van der Waals surface area (Å²) < 4.78 is 5.55. The van der Waals surface area contributed by atoms with Gasteiger partial charge in [0.05, 0.1) is 18.5 Å². The molecule has 76 valence electrons. The van der Waals surface area contributed by atoms with Crippen molar-refractivity contribution in [3.05, 3.63) is 0 Å². The molecule has 0 saturated carbocycles. The Morgan fingerprint density at radius 1 is 1.54 bits per heavy atom. The van der Waals surface area contributed by atoms with Gasteiger partial charge in [0.2, 0.25) is 0 Å². The molecule has 1 heterocycles. The molecule has 3 heteroatoms. The van der Waals surface area contributed by atoms with Gasteiger partial charge in [-0.25, -0.2) is 0 Å². The lowest BCUT2D eigenvalue weighted by Crippen LogP contribution is -2.25. The Morgan fingerprint density at radius 2 is 2.31 bits per heavy atom. The fraction of sp³-hybridized carbons (Fsp3) is 0.900. The van der Waals surface area contributed by atoms with E-state index in [1.807, 2.05) is 0 Å². The van der Waals surface area contributed by atoms with Crippen LogP contribution in [-0.2, 0) is 4.74 Å². The van der Waals surface area contributed by atoms with Crippen molar-refractivity contribution in [2.75, 3.05) is 13.2 Å². The maximum absolute atomic E-state index is 5.73. The minimum Gasteiger partial charge on any atom is -0.387 e. The summed E-state index contributed by atoms with van der Waals surface area (Å²) in [5.74, 6) is 1.10. The first kappa shape index (κ1) is 10.5. The molecule has 0 amide bonds. The van der Waals surface area contributed by atoms with Crippen LogP contribution < -0.4 is 5.73 Å². The number of amidine groups is 1. The van der Waals surface area contributed by atoms with E-state index in [0.717, 1.165) is 25.4 Å². The molecule has 13 heavy (non-hydrogen) atoms. The molecule has 1 aliphatic heterocycles. The van der Waals surface area contributed by atoms with Gasteiger partial charge in [0, 0.05) is 12.5 Å². The van der Waals surface area contributed by atoms with Crippen LogP contribution in [0.5, 0.6) is 0 Å². The molecule has 2 N–H and O–H groups in total. The molecule has 3 nitrogen and oxygen atoms in total. The lowest BCUT2D eigenvalue weighted by molar-refractivity contribution is 0.0224. The van der Waals surface area contributed by atoms with Crippen LogP contribution in [0.1, 0.15) is 33.1 Å². The van der Waals surface area contributed by atoms with Crippen molar-refractivity contribution in [2.45, 2.75) is 39.2 Å². The number of aliphatic imine (C=N–C) groups is 1. The lowest BCUT2D eigenvalue weighted by Gasteiger charge is -2.21. The highest BCUT2D eigenvalue weighted by molar-refractivity contribution is 5.82. The second-order valence-electron chi connectivity index (χ2n) is 3.91. The van der Waals surface area contributed by atoms with Crippen molar-refractivity contribution in [1.29, 1.82) is 0 Å². The Labute approximate surface area is 80.4 Å². The van der Waals surface area contributed by atoms with Crippen molar-refractivity contribution in [1.82, 2.24) is 0 Å². The van der Waals surface area contributed by atoms with Gasteiger partial charge in [0.15, 0.2) is 0 Å². The van der Waals surface area contributed by atoms with E-state index in [1.165, 1.54) is 12.8 Å². The third-order valence-corrected chi connectivity index (χ3v) is 2.34. The average molecular weight is 184 g/mol. The van der Waals surface area contributed by atoms with Crippen LogP contribution in [0, 0.1) is 5.92 Å². The van der Waals surface area contributed by atoms with E-state index in [2.05, 4.69) is 18.8 Å². The topological polar surface area (TPSA) is 47.6 Å². The van der Waals surface area contributed by atoms with E-state index < -0.39 is 0 Å². The van der Waals surface area contributed by atoms with Gasteiger partial charge in [-0.15, -0.1) is 0 Å². The molecule has 0 spiro atoms. The molecule has 1 saturated heterocycles. The van der Waals surface area contributed by atoms with Crippen LogP contribution in [0.3, 0.4) is 0 Å². The normalized spacial score (nSPS) is 25.2. The summed E-state index contributed by atoms with van der Waals surface area (Å²) in [6, 6.07) is 0. The highest BCUT2D eigenvalue weighted by atomic mass is 16.5. The fourth-order valence-corrected chi connectivity index (χ4v) is 1.34. The van der Waals surface area contributed by atoms with E-state index in [4.69, 9.17) is 10.5 Å². The Bertz CT molecular complexity index is 172. The van der Waals surface area contributed by atoms with E-state index in [-0.39, 0.29) is 0 Å². The van der Waals surface area contributed by atoms with Crippen molar-refractivity contribution >= 4 is 5.84 Å². The molecular weight excluding hydrogens is 164 g/mol. The average Bonchev–Trinajstić information content (AvgIpc) is 2.15. The van der Waals surface area contributed by atoms with E-state index in [0.29, 0.717) is 12.0 Å². The fourth-order valence-electron chi connectivity index (χ4n) is 1.34. The van der Waals surface area contributed by atoms with Crippen molar-refractivity contribution < 1.29 is 4.74 Å². The molecule has 1 rings (SSSR count). The Morgan fingerprint density at radius 3 is 2.85 bits per heavy atom. The first-order valence-electron chi connectivity index (χ1n) is 5.11. The van der Waals surface area contributed by atoms with Gasteiger partial charge in [0.25, 0.3) is 0 Å². The molecule has 1 fully saturated rings. The van der Waals surface area contributed by atoms with Gasteiger partial charge >= 0.3 is 0 Å². The van der Waals surface area contributed by atoms with Crippen LogP contribution in [0.15, 0.2) is 4.99 Å². The van der Waals surface area contributed by atoms with Crippen LogP contribution in [0.2, 0.25) is 0 Å². The van der Waals surface area contributed by atoms with Crippen LogP contribution in [-0.4, -0.2) is 25.1 Å². The molecule has 0 aromatic rings. The van der Waals surface area contributed by atoms with E-state index in [9.17, 15) is 0 Å². The molecule has 1 atom stereocenters. The maximum Gasteiger partial charge on any atom is 0.0963 e. The van der Waals surface area contributed by atoms with Gasteiger partial charge in [-0.05, 0) is 19.3 Å². The summed E-state index contributed by atoms with van der Waals surface area (Å²) in [7, 11) is 0. The first-order valence-corrected chi connectivity index (χ1v) is 5.11. The maximum atomic E-state index is 5.73. The Balaban J connectivity index is 2.27. The van der Waals surface area contributed by atoms with Gasteiger partial charge in [-0.2, -0.15) is 0 Å². The molecular formula is C10H20N2O. The zero-order valence-electron chi connectivity index (χ0n) is 8.62. The summed E-state index contributed by atoms with van der Waals surface area (Å²) >= 11 is 0. The third kappa shape index (κ3) is 3.77. The highest BCUT2D eigenvalue weighted by Crippen LogP contribution is 2.12. The molecule has 0 radical (unpaired) electrons. The van der Waals surface area contributed by atoms with Gasteiger partial charge < -0.3 is 10.5 Å². The predicted molar refractivity (Wildman–Crippen MR) is 54.9 cm³/mol. The molecule has 0 aromatic carbocycles. The standard InChI is InChI=1S/C10H20N2O/c1-8(2)10(11)12-7-9-5-3-4-6-13-9/h8-9H,3-7H2,1-2H3,(H2,11,12). The monoisotopic (exact) mass is 184 g/mol. The zero-order valence-corrected chi connectivity index (χ0v) is 8.62. The van der Waals surface area contributed by atoms with Gasteiger partial charge in [-0.3, -0.25) is 4.99 Å². The summed E-state index contributed by atoms with van der Waals surface area (Å²) in [6.45, 7) is 5.74. The van der Waals surface area contributed by atoms with Crippen molar-refractivity contribution in [3.63, 3.8) is 0 Å². The first-order chi connectivity index (χ1) is 6.20. The van der Waals surface area contributed by atoms with Crippen molar-refractivity contribution in [3.8, 4) is 0 Å². The smallest absolute Gasteiger partial charge is 0.0963 e. The summed E-state index contributed by atoms with van der Waals surface area (Å²) in [5, 5.41) is 0. The lowest BCUT2D eigenvalue weighted by atomic mass is 10.1. The van der Waals surface area contributed by atoms with Crippen LogP contribution in [0.4, 0.5) is 0 Å².